The standard InChI is InChI=1S/C10H22.3C3H8/c1-4-7-8-9-10(5-2)6-3;3*1-3-2/h10H,4-9H2,1-3H3;3*3H2,1-2H3. The molecule has 0 aliphatic carbocycles. The fraction of sp³-hybridized carbons (Fsp3) is 1.00. The Bertz CT molecular complexity index is 77.3. The van der Waals surface area contributed by atoms with Gasteiger partial charge in [0.1, 0.15) is 0 Å². The number of hydrogen-bond acceptors (Lipinski definition) is 0. The fourth-order valence-corrected chi connectivity index (χ4v) is 1.38. The van der Waals surface area contributed by atoms with Gasteiger partial charge >= 0.3 is 0 Å². The maximum absolute atomic E-state index is 2.31. The summed E-state index contributed by atoms with van der Waals surface area (Å²) in [6.45, 7) is 19.6. The molecular weight excluding hydrogens is 228 g/mol. The molecule has 0 aromatic carbocycles. The summed E-state index contributed by atoms with van der Waals surface area (Å²) < 4.78 is 0. The van der Waals surface area contributed by atoms with Gasteiger partial charge in [-0.3, -0.25) is 0 Å². The first-order valence-electron chi connectivity index (χ1n) is 9.09. The zero-order valence-electron chi connectivity index (χ0n) is 15.9. The molecule has 0 aromatic heterocycles. The van der Waals surface area contributed by atoms with Gasteiger partial charge in [0.2, 0.25) is 0 Å². The molecule has 0 N–H and O–H groups in total. The van der Waals surface area contributed by atoms with Crippen LogP contribution in [0.5, 0.6) is 0 Å². The molecule has 0 heterocycles. The zero-order chi connectivity index (χ0) is 15.9. The highest BCUT2D eigenvalue weighted by atomic mass is 14.1. The van der Waals surface area contributed by atoms with Crippen LogP contribution in [0.15, 0.2) is 0 Å². The molecule has 0 nitrogen and oxygen atoms in total. The molecule has 122 valence electrons. The molecule has 0 fully saturated rings. The Kier molecular flexibility index (Phi) is 52.0. The van der Waals surface area contributed by atoms with E-state index in [1.54, 1.807) is 0 Å². The van der Waals surface area contributed by atoms with Gasteiger partial charge in [-0.2, -0.15) is 0 Å². The molecule has 0 amide bonds. The van der Waals surface area contributed by atoms with Gasteiger partial charge in [0.05, 0.1) is 0 Å². The number of hydrogen-bond donors (Lipinski definition) is 0. The van der Waals surface area contributed by atoms with Gasteiger partial charge in [0.25, 0.3) is 0 Å². The van der Waals surface area contributed by atoms with Crippen molar-refractivity contribution in [1.29, 1.82) is 0 Å². The molecule has 0 saturated carbocycles. The van der Waals surface area contributed by atoms with Crippen molar-refractivity contribution in [2.45, 2.75) is 120 Å². The average Bonchev–Trinajstić information content (AvgIpc) is 2.38. The Labute approximate surface area is 126 Å². The van der Waals surface area contributed by atoms with Crippen LogP contribution in [-0.2, 0) is 0 Å². The minimum atomic E-state index is 1.01. The van der Waals surface area contributed by atoms with Crippen molar-refractivity contribution in [1.82, 2.24) is 0 Å². The second-order valence-electron chi connectivity index (χ2n) is 5.30. The van der Waals surface area contributed by atoms with Crippen LogP contribution in [0, 0.1) is 5.92 Å². The quantitative estimate of drug-likeness (QED) is 0.428. The van der Waals surface area contributed by atoms with E-state index in [1.807, 2.05) is 0 Å². The summed E-state index contributed by atoms with van der Waals surface area (Å²) in [6, 6.07) is 0. The van der Waals surface area contributed by atoms with Crippen molar-refractivity contribution in [3.63, 3.8) is 0 Å². The van der Waals surface area contributed by atoms with Crippen LogP contribution in [0.1, 0.15) is 120 Å². The van der Waals surface area contributed by atoms with Crippen molar-refractivity contribution in [2.75, 3.05) is 0 Å². The molecule has 0 aliphatic rings. The minimum Gasteiger partial charge on any atom is -0.0656 e. The van der Waals surface area contributed by atoms with E-state index in [4.69, 9.17) is 0 Å². The van der Waals surface area contributed by atoms with Gasteiger partial charge < -0.3 is 0 Å². The zero-order valence-corrected chi connectivity index (χ0v) is 15.9. The van der Waals surface area contributed by atoms with Gasteiger partial charge in [-0.05, 0) is 5.92 Å². The molecule has 0 bridgehead atoms. The lowest BCUT2D eigenvalue weighted by Gasteiger charge is -2.10. The summed E-state index contributed by atoms with van der Waals surface area (Å²) in [5, 5.41) is 0. The molecule has 0 saturated heterocycles. The molecular formula is C19H46. The van der Waals surface area contributed by atoms with Crippen LogP contribution in [0.2, 0.25) is 0 Å². The first-order chi connectivity index (χ1) is 9.09. The van der Waals surface area contributed by atoms with Crippen molar-refractivity contribution in [3.8, 4) is 0 Å². The van der Waals surface area contributed by atoms with Gasteiger partial charge in [0, 0.05) is 0 Å². The molecule has 0 atom stereocenters. The van der Waals surface area contributed by atoms with Crippen molar-refractivity contribution in [2.24, 2.45) is 5.92 Å². The summed E-state index contributed by atoms with van der Waals surface area (Å²) in [5.41, 5.74) is 0. The van der Waals surface area contributed by atoms with E-state index in [9.17, 15) is 0 Å². The first-order valence-corrected chi connectivity index (χ1v) is 9.09. The second-order valence-corrected chi connectivity index (χ2v) is 5.30. The SMILES string of the molecule is CCC.CCC.CCC.CCCCCC(CC)CC. The lowest BCUT2D eigenvalue weighted by molar-refractivity contribution is 0.432. The second kappa shape index (κ2) is 36.1. The largest absolute Gasteiger partial charge is 0.0656 e. The monoisotopic (exact) mass is 274 g/mol. The maximum Gasteiger partial charge on any atom is -0.0420 e. The van der Waals surface area contributed by atoms with E-state index in [0.29, 0.717) is 0 Å². The molecule has 0 aliphatic heterocycles. The molecule has 0 spiro atoms. The summed E-state index contributed by atoms with van der Waals surface area (Å²) in [7, 11) is 0. The Morgan fingerprint density at radius 2 is 0.842 bits per heavy atom. The summed E-state index contributed by atoms with van der Waals surface area (Å²) in [4.78, 5) is 0. The third-order valence-electron chi connectivity index (χ3n) is 2.37. The topological polar surface area (TPSA) is 0 Å². The van der Waals surface area contributed by atoms with Crippen LogP contribution >= 0.6 is 0 Å². The van der Waals surface area contributed by atoms with Crippen LogP contribution in [0.3, 0.4) is 0 Å². The highest BCUT2D eigenvalue weighted by molar-refractivity contribution is 4.54. The van der Waals surface area contributed by atoms with Crippen LogP contribution < -0.4 is 0 Å². The van der Waals surface area contributed by atoms with E-state index in [2.05, 4.69) is 62.3 Å². The van der Waals surface area contributed by atoms with E-state index < -0.39 is 0 Å². The van der Waals surface area contributed by atoms with Gasteiger partial charge in [0.15, 0.2) is 0 Å². The van der Waals surface area contributed by atoms with E-state index in [1.165, 1.54) is 57.8 Å². The summed E-state index contributed by atoms with van der Waals surface area (Å²) in [5.74, 6) is 1.01. The van der Waals surface area contributed by atoms with E-state index in [0.717, 1.165) is 5.92 Å². The predicted molar refractivity (Wildman–Crippen MR) is 96.1 cm³/mol. The third kappa shape index (κ3) is 56.9. The first kappa shape index (κ1) is 27.4. The normalized spacial score (nSPS) is 8.53. The van der Waals surface area contributed by atoms with Gasteiger partial charge in [-0.1, -0.05) is 120 Å². The molecule has 0 heteroatoms. The van der Waals surface area contributed by atoms with Crippen molar-refractivity contribution in [3.05, 3.63) is 0 Å². The van der Waals surface area contributed by atoms with Crippen LogP contribution in [-0.4, -0.2) is 0 Å². The van der Waals surface area contributed by atoms with Crippen LogP contribution in [0.4, 0.5) is 0 Å². The van der Waals surface area contributed by atoms with Gasteiger partial charge in [-0.25, -0.2) is 0 Å². The number of rotatable bonds is 6. The fourth-order valence-electron chi connectivity index (χ4n) is 1.38. The smallest absolute Gasteiger partial charge is 0.0420 e. The summed E-state index contributed by atoms with van der Waals surface area (Å²) >= 11 is 0. The molecule has 19 heavy (non-hydrogen) atoms. The molecule has 0 radical (unpaired) electrons. The third-order valence-corrected chi connectivity index (χ3v) is 2.37. The highest BCUT2D eigenvalue weighted by Gasteiger charge is 2.00. The average molecular weight is 275 g/mol. The Hall–Kier alpha value is 0. The molecule has 0 aromatic rings. The lowest BCUT2D eigenvalue weighted by Crippen LogP contribution is -1.95. The Morgan fingerprint density at radius 1 is 0.526 bits per heavy atom. The highest BCUT2D eigenvalue weighted by Crippen LogP contribution is 2.16. The lowest BCUT2D eigenvalue weighted by atomic mass is 9.96. The Balaban J connectivity index is -0.000000103. The maximum atomic E-state index is 2.31. The van der Waals surface area contributed by atoms with Gasteiger partial charge in [-0.15, -0.1) is 0 Å². The summed E-state index contributed by atoms with van der Waals surface area (Å²) in [6.07, 6.45) is 12.2. The van der Waals surface area contributed by atoms with E-state index >= 15 is 0 Å². The number of unbranched alkanes of at least 4 members (excludes halogenated alkanes) is 2. The Morgan fingerprint density at radius 3 is 1.05 bits per heavy atom. The van der Waals surface area contributed by atoms with Crippen molar-refractivity contribution >= 4 is 0 Å². The minimum absolute atomic E-state index is 1.01. The van der Waals surface area contributed by atoms with Crippen LogP contribution in [0.25, 0.3) is 0 Å². The van der Waals surface area contributed by atoms with Crippen molar-refractivity contribution < 1.29 is 0 Å². The predicted octanol–water partition coefficient (Wildman–Crippen LogP) is 8.25. The molecule has 0 unspecified atom stereocenters. The van der Waals surface area contributed by atoms with E-state index in [-0.39, 0.29) is 0 Å². The molecule has 0 rings (SSSR count).